The number of anilines is 1. The molecule has 126 valence electrons. The van der Waals surface area contributed by atoms with Crippen LogP contribution in [0.4, 0.5) is 10.6 Å². The summed E-state index contributed by atoms with van der Waals surface area (Å²) in [5, 5.41) is 11.7. The zero-order valence-corrected chi connectivity index (χ0v) is 14.4. The average molecular weight is 318 g/mol. The van der Waals surface area contributed by atoms with E-state index in [2.05, 4.69) is 15.5 Å². The van der Waals surface area contributed by atoms with Crippen LogP contribution < -0.4 is 5.32 Å². The molecule has 0 spiro atoms. The highest BCUT2D eigenvalue weighted by molar-refractivity contribution is 5.69. The largest absolute Gasteiger partial charge is 0.444 e. The summed E-state index contributed by atoms with van der Waals surface area (Å²) in [6, 6.07) is 4.78. The number of hydrogen-bond donors (Lipinski definition) is 1. The highest BCUT2D eigenvalue weighted by Gasteiger charge is 2.44. The van der Waals surface area contributed by atoms with Crippen molar-refractivity contribution in [2.24, 2.45) is 0 Å². The van der Waals surface area contributed by atoms with Gasteiger partial charge in [-0.1, -0.05) is 0 Å². The van der Waals surface area contributed by atoms with Gasteiger partial charge in [0, 0.05) is 18.1 Å². The van der Waals surface area contributed by atoms with E-state index < -0.39 is 5.60 Å². The van der Waals surface area contributed by atoms with E-state index >= 15 is 0 Å². The van der Waals surface area contributed by atoms with E-state index in [1.165, 1.54) is 0 Å². The molecule has 2 aliphatic heterocycles. The Morgan fingerprint density at radius 3 is 2.39 bits per heavy atom. The number of nitrogens with zero attached hydrogens (tertiary/aromatic N) is 3. The quantitative estimate of drug-likeness (QED) is 0.907. The lowest BCUT2D eigenvalue weighted by Crippen LogP contribution is -2.51. The normalized spacial score (nSPS) is 27.0. The van der Waals surface area contributed by atoms with Gasteiger partial charge >= 0.3 is 6.09 Å². The first-order chi connectivity index (χ1) is 10.8. The summed E-state index contributed by atoms with van der Waals surface area (Å²) >= 11 is 0. The van der Waals surface area contributed by atoms with Crippen molar-refractivity contribution in [1.29, 1.82) is 0 Å². The number of ether oxygens (including phenoxy) is 1. The van der Waals surface area contributed by atoms with Crippen molar-refractivity contribution in [2.45, 2.75) is 77.1 Å². The van der Waals surface area contributed by atoms with Gasteiger partial charge in [0.1, 0.15) is 11.4 Å². The average Bonchev–Trinajstić information content (AvgIpc) is 2.72. The maximum atomic E-state index is 12.4. The minimum atomic E-state index is -0.441. The number of fused-ring (bicyclic) bond motifs is 2. The van der Waals surface area contributed by atoms with Gasteiger partial charge in [-0.25, -0.2) is 4.79 Å². The van der Waals surface area contributed by atoms with Crippen molar-refractivity contribution in [1.82, 2.24) is 15.1 Å². The zero-order valence-electron chi connectivity index (χ0n) is 14.4. The summed E-state index contributed by atoms with van der Waals surface area (Å²) < 4.78 is 5.57. The molecule has 2 saturated heterocycles. The van der Waals surface area contributed by atoms with Crippen molar-refractivity contribution < 1.29 is 9.53 Å². The predicted molar refractivity (Wildman–Crippen MR) is 88.3 cm³/mol. The SMILES string of the molecule is Cc1ccc(NC2CC3CCC(C2)N3C(=O)OC(C)(C)C)nn1. The molecular weight excluding hydrogens is 292 g/mol. The van der Waals surface area contributed by atoms with Crippen LogP contribution in [0, 0.1) is 6.92 Å². The Hall–Kier alpha value is -1.85. The Balaban J connectivity index is 1.62. The standard InChI is InChI=1S/C17H26N4O2/c1-11-5-8-15(20-19-11)18-12-9-13-6-7-14(10-12)21(13)16(22)23-17(2,3)4/h5,8,12-14H,6-7,9-10H2,1-4H3,(H,18,20). The van der Waals surface area contributed by atoms with Gasteiger partial charge in [0.05, 0.1) is 5.69 Å². The second-order valence-corrected chi connectivity index (χ2v) is 7.65. The van der Waals surface area contributed by atoms with E-state index in [4.69, 9.17) is 4.74 Å². The highest BCUT2D eigenvalue weighted by atomic mass is 16.6. The number of hydrogen-bond acceptors (Lipinski definition) is 5. The number of aromatic nitrogens is 2. The van der Waals surface area contributed by atoms with E-state index in [0.29, 0.717) is 6.04 Å². The number of rotatable bonds is 2. The number of amides is 1. The fourth-order valence-corrected chi connectivity index (χ4v) is 3.59. The maximum absolute atomic E-state index is 12.4. The molecule has 3 heterocycles. The summed E-state index contributed by atoms with van der Waals surface area (Å²) in [5.74, 6) is 0.811. The fraction of sp³-hybridized carbons (Fsp3) is 0.706. The minimum absolute atomic E-state index is 0.168. The Labute approximate surface area is 137 Å². The first kappa shape index (κ1) is 16.0. The molecule has 0 saturated carbocycles. The molecule has 2 atom stereocenters. The zero-order chi connectivity index (χ0) is 16.6. The van der Waals surface area contributed by atoms with Gasteiger partial charge in [-0.2, -0.15) is 5.10 Å². The van der Waals surface area contributed by atoms with E-state index in [-0.39, 0.29) is 18.2 Å². The number of carbonyl (C=O) groups excluding carboxylic acids is 1. The highest BCUT2D eigenvalue weighted by Crippen LogP contribution is 2.37. The molecule has 0 aliphatic carbocycles. The minimum Gasteiger partial charge on any atom is -0.444 e. The smallest absolute Gasteiger partial charge is 0.410 e. The Bertz CT molecular complexity index is 553. The third-order valence-electron chi connectivity index (χ3n) is 4.49. The van der Waals surface area contributed by atoms with E-state index in [9.17, 15) is 4.79 Å². The van der Waals surface area contributed by atoms with E-state index in [1.807, 2.05) is 44.7 Å². The topological polar surface area (TPSA) is 67.4 Å². The van der Waals surface area contributed by atoms with Crippen molar-refractivity contribution in [2.75, 3.05) is 5.32 Å². The van der Waals surface area contributed by atoms with Crippen LogP contribution in [0.5, 0.6) is 0 Å². The van der Waals surface area contributed by atoms with Crippen molar-refractivity contribution >= 4 is 11.9 Å². The Morgan fingerprint density at radius 1 is 1.22 bits per heavy atom. The van der Waals surface area contributed by atoms with Crippen molar-refractivity contribution in [3.63, 3.8) is 0 Å². The fourth-order valence-electron chi connectivity index (χ4n) is 3.59. The van der Waals surface area contributed by atoms with E-state index in [0.717, 1.165) is 37.2 Å². The molecule has 6 heteroatoms. The second-order valence-electron chi connectivity index (χ2n) is 7.65. The van der Waals surface area contributed by atoms with Crippen LogP contribution in [0.1, 0.15) is 52.1 Å². The summed E-state index contributed by atoms with van der Waals surface area (Å²) in [6.45, 7) is 7.67. The van der Waals surface area contributed by atoms with Crippen LogP contribution in [-0.2, 0) is 4.74 Å². The molecule has 1 aromatic rings. The number of carbonyl (C=O) groups is 1. The molecule has 1 aromatic heterocycles. The molecule has 6 nitrogen and oxygen atoms in total. The van der Waals surface area contributed by atoms with Gasteiger partial charge in [-0.15, -0.1) is 5.10 Å². The number of aryl methyl sites for hydroxylation is 1. The molecule has 0 aromatic carbocycles. The molecular formula is C17H26N4O2. The lowest BCUT2D eigenvalue weighted by atomic mass is 9.98. The summed E-state index contributed by atoms with van der Waals surface area (Å²) in [6.07, 6.45) is 3.82. The lowest BCUT2D eigenvalue weighted by Gasteiger charge is -2.39. The van der Waals surface area contributed by atoms with Crippen LogP contribution in [0.25, 0.3) is 0 Å². The van der Waals surface area contributed by atoms with Gasteiger partial charge in [0.15, 0.2) is 0 Å². The molecule has 23 heavy (non-hydrogen) atoms. The van der Waals surface area contributed by atoms with Gasteiger partial charge in [-0.05, 0) is 65.5 Å². The first-order valence-electron chi connectivity index (χ1n) is 8.40. The number of piperidine rings is 1. The van der Waals surface area contributed by atoms with Crippen LogP contribution in [0.2, 0.25) is 0 Å². The van der Waals surface area contributed by atoms with Gasteiger partial charge in [0.2, 0.25) is 0 Å². The number of nitrogens with one attached hydrogen (secondary N) is 1. The summed E-state index contributed by atoms with van der Waals surface area (Å²) in [4.78, 5) is 14.4. The molecule has 3 rings (SSSR count). The molecule has 2 bridgehead atoms. The van der Waals surface area contributed by atoms with Crippen molar-refractivity contribution in [3.8, 4) is 0 Å². The van der Waals surface area contributed by atoms with E-state index in [1.54, 1.807) is 0 Å². The summed E-state index contributed by atoms with van der Waals surface area (Å²) in [5.41, 5.74) is 0.471. The predicted octanol–water partition coefficient (Wildman–Crippen LogP) is 3.13. The van der Waals surface area contributed by atoms with Gasteiger partial charge < -0.3 is 15.0 Å². The van der Waals surface area contributed by atoms with Crippen molar-refractivity contribution in [3.05, 3.63) is 17.8 Å². The lowest BCUT2D eigenvalue weighted by molar-refractivity contribution is 0.00682. The first-order valence-corrected chi connectivity index (χ1v) is 8.40. The van der Waals surface area contributed by atoms with Gasteiger partial charge in [0.25, 0.3) is 0 Å². The third kappa shape index (κ3) is 3.74. The molecule has 2 fully saturated rings. The Morgan fingerprint density at radius 2 is 1.87 bits per heavy atom. The van der Waals surface area contributed by atoms with Crippen LogP contribution in [-0.4, -0.2) is 44.9 Å². The third-order valence-corrected chi connectivity index (χ3v) is 4.49. The molecule has 2 unspecified atom stereocenters. The van der Waals surface area contributed by atoms with Crippen LogP contribution in [0.3, 0.4) is 0 Å². The molecule has 1 N–H and O–H groups in total. The van der Waals surface area contributed by atoms with Crippen LogP contribution >= 0.6 is 0 Å². The Kier molecular flexibility index (Phi) is 4.17. The van der Waals surface area contributed by atoms with Gasteiger partial charge in [-0.3, -0.25) is 0 Å². The summed E-state index contributed by atoms with van der Waals surface area (Å²) in [7, 11) is 0. The monoisotopic (exact) mass is 318 g/mol. The van der Waals surface area contributed by atoms with Crippen LogP contribution in [0.15, 0.2) is 12.1 Å². The maximum Gasteiger partial charge on any atom is 0.410 e. The second kappa shape index (κ2) is 5.98. The molecule has 1 amide bonds. The molecule has 2 aliphatic rings. The molecule has 0 radical (unpaired) electrons.